The molecule has 15 nitrogen and oxygen atoms in total. The third kappa shape index (κ3) is 6.75. The molecule has 2 aliphatic rings. The van der Waals surface area contributed by atoms with E-state index in [1.807, 2.05) is 12.1 Å². The number of aromatic nitrogens is 1. The Morgan fingerprint density at radius 2 is 1.02 bits per heavy atom. The van der Waals surface area contributed by atoms with E-state index >= 15 is 0 Å². The Morgan fingerprint density at radius 3 is 1.38 bits per heavy atom. The molecular weight excluding hydrogens is 598 g/mol. The van der Waals surface area contributed by atoms with Gasteiger partial charge in [0.15, 0.2) is 12.2 Å². The molecule has 5 rings (SSSR count). The van der Waals surface area contributed by atoms with Gasteiger partial charge in [-0.05, 0) is 47.5 Å². The first-order chi connectivity index (χ1) is 21.5. The minimum Gasteiger partial charge on any atom is -0.479 e. The van der Waals surface area contributed by atoms with Crippen LogP contribution in [-0.4, -0.2) is 119 Å². The molecule has 2 saturated heterocycles. The van der Waals surface area contributed by atoms with Crippen molar-refractivity contribution in [2.24, 2.45) is 0 Å². The molecule has 45 heavy (non-hydrogen) atoms. The van der Waals surface area contributed by atoms with Crippen molar-refractivity contribution in [1.82, 2.24) is 4.98 Å². The average Bonchev–Trinajstić information content (AvgIpc) is 3.03. The van der Waals surface area contributed by atoms with E-state index in [0.29, 0.717) is 5.69 Å². The number of hydrogen-bond acceptors (Lipinski definition) is 13. The number of ether oxygens (including phenoxy) is 4. The second kappa shape index (κ2) is 13.4. The average molecular weight is 630 g/mol. The summed E-state index contributed by atoms with van der Waals surface area (Å²) in [4.78, 5) is 27.3. The topological polar surface area (TPSA) is 246 Å². The van der Waals surface area contributed by atoms with Crippen LogP contribution in [-0.2, 0) is 19.1 Å². The van der Waals surface area contributed by atoms with Gasteiger partial charge in [-0.3, -0.25) is 4.98 Å². The maximum Gasteiger partial charge on any atom is 0.335 e. The van der Waals surface area contributed by atoms with Crippen molar-refractivity contribution in [3.8, 4) is 11.5 Å². The molecule has 10 unspecified atom stereocenters. The first-order valence-electron chi connectivity index (χ1n) is 13.8. The third-order valence-corrected chi connectivity index (χ3v) is 7.54. The second-order valence-corrected chi connectivity index (χ2v) is 10.5. The number of hydrogen-bond donors (Lipinski definition) is 8. The molecule has 0 spiro atoms. The zero-order valence-corrected chi connectivity index (χ0v) is 23.3. The Labute approximate surface area is 255 Å². The molecule has 1 aromatic heterocycles. The quantitative estimate of drug-likeness (QED) is 0.139. The van der Waals surface area contributed by atoms with Crippen LogP contribution in [0.2, 0.25) is 0 Å². The van der Waals surface area contributed by atoms with E-state index in [1.54, 1.807) is 60.8 Å². The minimum atomic E-state index is -1.85. The SMILES string of the molecule is O=C(O)C1OC(Oc2ccc(C(c3ccc(OC4OC(C(=O)O)C(O)C(O)C4O)cc3)c3ccccn3)cc2)C(O)C(O)C1O. The molecule has 10 atom stereocenters. The minimum absolute atomic E-state index is 0.178. The Kier molecular flexibility index (Phi) is 9.62. The number of rotatable bonds is 9. The number of benzene rings is 2. The summed E-state index contributed by atoms with van der Waals surface area (Å²) in [5.41, 5.74) is 2.15. The summed E-state index contributed by atoms with van der Waals surface area (Å²) < 4.78 is 21.6. The number of aliphatic carboxylic acids is 2. The van der Waals surface area contributed by atoms with Gasteiger partial charge >= 0.3 is 11.9 Å². The number of carboxylic acids is 2. The van der Waals surface area contributed by atoms with Crippen LogP contribution in [0.5, 0.6) is 11.5 Å². The lowest BCUT2D eigenvalue weighted by Crippen LogP contribution is -2.61. The third-order valence-electron chi connectivity index (χ3n) is 7.54. The fraction of sp³-hybridized carbons (Fsp3) is 0.367. The molecule has 2 aromatic carbocycles. The number of carbonyl (C=O) groups is 2. The van der Waals surface area contributed by atoms with E-state index in [4.69, 9.17) is 18.9 Å². The van der Waals surface area contributed by atoms with Crippen molar-refractivity contribution in [2.45, 2.75) is 67.3 Å². The summed E-state index contributed by atoms with van der Waals surface area (Å²) in [5.74, 6) is -3.14. The number of aliphatic hydroxyl groups is 6. The van der Waals surface area contributed by atoms with E-state index in [2.05, 4.69) is 4.98 Å². The predicted molar refractivity (Wildman–Crippen MR) is 148 cm³/mol. The zero-order chi connectivity index (χ0) is 32.4. The first-order valence-corrected chi connectivity index (χ1v) is 13.8. The number of carboxylic acid groups (broad SMARTS) is 2. The molecule has 0 amide bonds. The van der Waals surface area contributed by atoms with Crippen LogP contribution in [0.15, 0.2) is 72.9 Å². The van der Waals surface area contributed by atoms with Crippen LogP contribution >= 0.6 is 0 Å². The lowest BCUT2D eigenvalue weighted by atomic mass is 9.88. The summed E-state index contributed by atoms with van der Waals surface area (Å²) in [6, 6.07) is 18.4. The van der Waals surface area contributed by atoms with Crippen molar-refractivity contribution in [2.75, 3.05) is 0 Å². The lowest BCUT2D eigenvalue weighted by molar-refractivity contribution is -0.271. The first kappa shape index (κ1) is 32.2. The van der Waals surface area contributed by atoms with E-state index in [1.165, 1.54) is 0 Å². The maximum absolute atomic E-state index is 11.4. The predicted octanol–water partition coefficient (Wildman–Crippen LogP) is -1.20. The molecule has 8 N–H and O–H groups in total. The van der Waals surface area contributed by atoms with Gasteiger partial charge in [0.05, 0.1) is 11.6 Å². The summed E-state index contributed by atoms with van der Waals surface area (Å²) in [6.45, 7) is 0. The van der Waals surface area contributed by atoms with Crippen molar-refractivity contribution in [1.29, 1.82) is 0 Å². The van der Waals surface area contributed by atoms with Gasteiger partial charge in [-0.2, -0.15) is 0 Å². The van der Waals surface area contributed by atoms with Crippen molar-refractivity contribution in [3.05, 3.63) is 89.7 Å². The van der Waals surface area contributed by atoms with Gasteiger partial charge in [-0.1, -0.05) is 30.3 Å². The van der Waals surface area contributed by atoms with Crippen LogP contribution in [0.1, 0.15) is 22.7 Å². The molecule has 3 aromatic rings. The van der Waals surface area contributed by atoms with Crippen LogP contribution in [0.25, 0.3) is 0 Å². The largest absolute Gasteiger partial charge is 0.479 e. The van der Waals surface area contributed by atoms with Crippen LogP contribution in [0.4, 0.5) is 0 Å². The van der Waals surface area contributed by atoms with Crippen molar-refractivity contribution >= 4 is 11.9 Å². The summed E-state index contributed by atoms with van der Waals surface area (Å²) in [7, 11) is 0. The van der Waals surface area contributed by atoms with Gasteiger partial charge < -0.3 is 59.8 Å². The molecule has 0 saturated carbocycles. The highest BCUT2D eigenvalue weighted by atomic mass is 16.7. The standard InChI is InChI=1S/C30H31NO14/c32-19-21(34)25(27(38)39)44-29(23(19)36)42-15-8-4-13(5-9-15)18(17-3-1-2-12-31-17)14-6-10-16(11-7-14)43-30-24(37)20(33)22(35)26(45-30)28(40)41/h1-12,18-26,29-30,32-37H,(H,38,39)(H,40,41). The molecular formula is C30H31NO14. The van der Waals surface area contributed by atoms with Gasteiger partial charge in [0.2, 0.25) is 12.6 Å². The highest BCUT2D eigenvalue weighted by Gasteiger charge is 2.49. The normalized spacial score (nSPS) is 32.3. The van der Waals surface area contributed by atoms with Crippen LogP contribution in [0, 0.1) is 0 Å². The van der Waals surface area contributed by atoms with Gasteiger partial charge in [-0.15, -0.1) is 0 Å². The van der Waals surface area contributed by atoms with E-state index in [-0.39, 0.29) is 11.5 Å². The molecule has 0 bridgehead atoms. The lowest BCUT2D eigenvalue weighted by Gasteiger charge is -2.38. The number of pyridine rings is 1. The molecule has 0 radical (unpaired) electrons. The summed E-state index contributed by atoms with van der Waals surface area (Å²) in [6.07, 6.45) is -15.9. The molecule has 15 heteroatoms. The number of aliphatic hydroxyl groups excluding tert-OH is 6. The fourth-order valence-corrected chi connectivity index (χ4v) is 5.13. The van der Waals surface area contributed by atoms with Crippen molar-refractivity contribution < 1.29 is 69.4 Å². The summed E-state index contributed by atoms with van der Waals surface area (Å²) in [5, 5.41) is 79.0. The monoisotopic (exact) mass is 629 g/mol. The van der Waals surface area contributed by atoms with Gasteiger partial charge in [0.1, 0.15) is 48.1 Å². The molecule has 2 fully saturated rings. The molecule has 0 aliphatic carbocycles. The van der Waals surface area contributed by atoms with Crippen molar-refractivity contribution in [3.63, 3.8) is 0 Å². The smallest absolute Gasteiger partial charge is 0.335 e. The maximum atomic E-state index is 11.4. The highest BCUT2D eigenvalue weighted by Crippen LogP contribution is 2.34. The zero-order valence-electron chi connectivity index (χ0n) is 23.3. The molecule has 3 heterocycles. The Hall–Kier alpha value is -4.19. The highest BCUT2D eigenvalue weighted by molar-refractivity contribution is 5.73. The Bertz CT molecular complexity index is 1360. The fourth-order valence-electron chi connectivity index (χ4n) is 5.13. The van der Waals surface area contributed by atoms with Crippen LogP contribution in [0.3, 0.4) is 0 Å². The van der Waals surface area contributed by atoms with Gasteiger partial charge in [-0.25, -0.2) is 9.59 Å². The Balaban J connectivity index is 1.35. The van der Waals surface area contributed by atoms with Gasteiger partial charge in [0, 0.05) is 6.20 Å². The molecule has 240 valence electrons. The second-order valence-electron chi connectivity index (χ2n) is 10.5. The number of nitrogens with zero attached hydrogens (tertiary/aromatic N) is 1. The van der Waals surface area contributed by atoms with E-state index in [9.17, 15) is 50.4 Å². The van der Waals surface area contributed by atoms with E-state index in [0.717, 1.165) is 11.1 Å². The summed E-state index contributed by atoms with van der Waals surface area (Å²) >= 11 is 0. The molecule has 2 aliphatic heterocycles. The van der Waals surface area contributed by atoms with Crippen LogP contribution < -0.4 is 9.47 Å². The van der Waals surface area contributed by atoms with E-state index < -0.39 is 79.3 Å². The van der Waals surface area contributed by atoms with Gasteiger partial charge in [0.25, 0.3) is 0 Å². The Morgan fingerprint density at radius 1 is 0.600 bits per heavy atom.